The molecule has 2 aromatic rings. The van der Waals surface area contributed by atoms with Crippen LogP contribution in [0.3, 0.4) is 0 Å². The minimum atomic E-state index is 0.363. The van der Waals surface area contributed by atoms with Crippen LogP contribution < -0.4 is 10.6 Å². The third kappa shape index (κ3) is 7.67. The first-order valence-corrected chi connectivity index (χ1v) is 11.4. The normalized spacial score (nSPS) is 15.4. The van der Waals surface area contributed by atoms with Crippen LogP contribution in [-0.4, -0.2) is 32.8 Å². The molecule has 0 unspecified atom stereocenters. The third-order valence-corrected chi connectivity index (χ3v) is 6.02. The Morgan fingerprint density at radius 3 is 2.42 bits per heavy atom. The fourth-order valence-electron chi connectivity index (χ4n) is 3.97. The lowest BCUT2D eigenvalue weighted by atomic mass is 9.67. The SMILES string of the molecule is CCNC(=NCc1cccc(COCc2ccccc2)c1)NCC1(CCOC)CCC1. The molecule has 3 rings (SSSR count). The van der Waals surface area contributed by atoms with Crippen LogP contribution >= 0.6 is 0 Å². The van der Waals surface area contributed by atoms with Crippen molar-refractivity contribution in [2.45, 2.75) is 52.4 Å². The Kier molecular flexibility index (Phi) is 9.38. The quantitative estimate of drug-likeness (QED) is 0.385. The molecule has 1 fully saturated rings. The standard InChI is InChI=1S/C26H37N3O2/c1-3-27-25(29-21-26(13-8-14-26)15-16-30-2)28-18-23-11-7-12-24(17-23)20-31-19-22-9-5-4-6-10-22/h4-7,9-12,17H,3,8,13-16,18-21H2,1-2H3,(H2,27,28,29). The van der Waals surface area contributed by atoms with E-state index in [-0.39, 0.29) is 0 Å². The Labute approximate surface area is 187 Å². The average Bonchev–Trinajstić information content (AvgIpc) is 2.77. The summed E-state index contributed by atoms with van der Waals surface area (Å²) in [5.41, 5.74) is 3.92. The van der Waals surface area contributed by atoms with Gasteiger partial charge in [-0.1, -0.05) is 61.0 Å². The molecule has 168 valence electrons. The van der Waals surface area contributed by atoms with Gasteiger partial charge in [0.2, 0.25) is 0 Å². The van der Waals surface area contributed by atoms with Crippen LogP contribution in [0.15, 0.2) is 59.6 Å². The van der Waals surface area contributed by atoms with Crippen LogP contribution in [0.2, 0.25) is 0 Å². The number of ether oxygens (including phenoxy) is 2. The Hall–Kier alpha value is -2.37. The zero-order valence-electron chi connectivity index (χ0n) is 19.0. The Morgan fingerprint density at radius 2 is 1.71 bits per heavy atom. The maximum absolute atomic E-state index is 5.88. The number of rotatable bonds is 12. The van der Waals surface area contributed by atoms with E-state index in [1.54, 1.807) is 7.11 Å². The molecular formula is C26H37N3O2. The Morgan fingerprint density at radius 1 is 0.968 bits per heavy atom. The highest BCUT2D eigenvalue weighted by Crippen LogP contribution is 2.43. The summed E-state index contributed by atoms with van der Waals surface area (Å²) < 4.78 is 11.2. The molecule has 0 spiro atoms. The fraction of sp³-hybridized carbons (Fsp3) is 0.500. The molecule has 5 nitrogen and oxygen atoms in total. The van der Waals surface area contributed by atoms with Gasteiger partial charge in [-0.3, -0.25) is 0 Å². The van der Waals surface area contributed by atoms with Crippen LogP contribution in [0, 0.1) is 5.41 Å². The number of hydrogen-bond donors (Lipinski definition) is 2. The minimum absolute atomic E-state index is 0.363. The summed E-state index contributed by atoms with van der Waals surface area (Å²) in [6.45, 7) is 6.61. The summed E-state index contributed by atoms with van der Waals surface area (Å²) in [6.07, 6.45) is 4.97. The molecule has 0 saturated heterocycles. The van der Waals surface area contributed by atoms with Crippen molar-refractivity contribution in [1.29, 1.82) is 0 Å². The molecule has 1 aliphatic rings. The van der Waals surface area contributed by atoms with Crippen molar-refractivity contribution in [3.63, 3.8) is 0 Å². The van der Waals surface area contributed by atoms with E-state index in [0.29, 0.717) is 25.2 Å². The second-order valence-electron chi connectivity index (χ2n) is 8.44. The van der Waals surface area contributed by atoms with Gasteiger partial charge in [-0.2, -0.15) is 0 Å². The van der Waals surface area contributed by atoms with Crippen molar-refractivity contribution >= 4 is 5.96 Å². The van der Waals surface area contributed by atoms with Crippen LogP contribution in [-0.2, 0) is 29.2 Å². The second kappa shape index (κ2) is 12.5. The molecule has 0 aliphatic heterocycles. The predicted octanol–water partition coefficient (Wildman–Crippen LogP) is 4.67. The van der Waals surface area contributed by atoms with Gasteiger partial charge >= 0.3 is 0 Å². The first-order valence-electron chi connectivity index (χ1n) is 11.4. The van der Waals surface area contributed by atoms with Crippen molar-refractivity contribution < 1.29 is 9.47 Å². The van der Waals surface area contributed by atoms with Crippen LogP contribution in [0.4, 0.5) is 0 Å². The maximum atomic E-state index is 5.88. The number of nitrogens with zero attached hydrogens (tertiary/aromatic N) is 1. The monoisotopic (exact) mass is 423 g/mol. The van der Waals surface area contributed by atoms with E-state index in [1.165, 1.54) is 36.0 Å². The Balaban J connectivity index is 1.51. The zero-order valence-corrected chi connectivity index (χ0v) is 19.0. The van der Waals surface area contributed by atoms with E-state index in [4.69, 9.17) is 14.5 Å². The number of aliphatic imine (C=N–C) groups is 1. The van der Waals surface area contributed by atoms with Gasteiger partial charge in [0.1, 0.15) is 0 Å². The topological polar surface area (TPSA) is 54.9 Å². The van der Waals surface area contributed by atoms with Crippen LogP contribution in [0.25, 0.3) is 0 Å². The third-order valence-electron chi connectivity index (χ3n) is 6.02. The van der Waals surface area contributed by atoms with E-state index < -0.39 is 0 Å². The van der Waals surface area contributed by atoms with E-state index in [2.05, 4.69) is 54.0 Å². The number of methoxy groups -OCH3 is 1. The van der Waals surface area contributed by atoms with Crippen molar-refractivity contribution in [1.82, 2.24) is 10.6 Å². The maximum Gasteiger partial charge on any atom is 0.191 e. The first-order chi connectivity index (χ1) is 15.2. The van der Waals surface area contributed by atoms with Gasteiger partial charge in [0.15, 0.2) is 5.96 Å². The molecule has 0 aromatic heterocycles. The number of nitrogens with one attached hydrogen (secondary N) is 2. The largest absolute Gasteiger partial charge is 0.385 e. The van der Waals surface area contributed by atoms with Gasteiger partial charge < -0.3 is 20.1 Å². The lowest BCUT2D eigenvalue weighted by Crippen LogP contribution is -2.46. The molecule has 1 saturated carbocycles. The zero-order chi connectivity index (χ0) is 21.8. The smallest absolute Gasteiger partial charge is 0.191 e. The lowest BCUT2D eigenvalue weighted by molar-refractivity contribution is 0.0732. The highest BCUT2D eigenvalue weighted by Gasteiger charge is 2.36. The van der Waals surface area contributed by atoms with Crippen molar-refractivity contribution in [3.05, 3.63) is 71.3 Å². The summed E-state index contributed by atoms with van der Waals surface area (Å²) in [4.78, 5) is 4.82. The van der Waals surface area contributed by atoms with Gasteiger partial charge in [0.25, 0.3) is 0 Å². The molecule has 5 heteroatoms. The molecular weight excluding hydrogens is 386 g/mol. The van der Waals surface area contributed by atoms with Gasteiger partial charge in [-0.25, -0.2) is 4.99 Å². The minimum Gasteiger partial charge on any atom is -0.385 e. The van der Waals surface area contributed by atoms with Gasteiger partial charge in [0.05, 0.1) is 19.8 Å². The number of guanidine groups is 1. The van der Waals surface area contributed by atoms with Crippen LogP contribution in [0.5, 0.6) is 0 Å². The molecule has 2 N–H and O–H groups in total. The van der Waals surface area contributed by atoms with Crippen molar-refractivity contribution in [3.8, 4) is 0 Å². The summed E-state index contributed by atoms with van der Waals surface area (Å²) in [7, 11) is 1.78. The number of benzene rings is 2. The van der Waals surface area contributed by atoms with Crippen LogP contribution in [0.1, 0.15) is 49.3 Å². The summed E-state index contributed by atoms with van der Waals surface area (Å²) in [6, 6.07) is 18.8. The molecule has 0 amide bonds. The van der Waals surface area contributed by atoms with E-state index in [1.807, 2.05) is 18.2 Å². The van der Waals surface area contributed by atoms with E-state index in [9.17, 15) is 0 Å². The molecule has 0 atom stereocenters. The van der Waals surface area contributed by atoms with Crippen molar-refractivity contribution in [2.75, 3.05) is 26.8 Å². The summed E-state index contributed by atoms with van der Waals surface area (Å²) >= 11 is 0. The average molecular weight is 424 g/mol. The van der Waals surface area contributed by atoms with E-state index in [0.717, 1.165) is 32.1 Å². The molecule has 1 aliphatic carbocycles. The first kappa shape index (κ1) is 23.3. The number of hydrogen-bond acceptors (Lipinski definition) is 3. The molecule has 31 heavy (non-hydrogen) atoms. The molecule has 0 radical (unpaired) electrons. The Bertz CT molecular complexity index is 803. The molecule has 0 bridgehead atoms. The van der Waals surface area contributed by atoms with Gasteiger partial charge in [0, 0.05) is 26.8 Å². The summed E-state index contributed by atoms with van der Waals surface area (Å²) in [5.74, 6) is 0.886. The summed E-state index contributed by atoms with van der Waals surface area (Å²) in [5, 5.41) is 6.95. The highest BCUT2D eigenvalue weighted by molar-refractivity contribution is 5.79. The van der Waals surface area contributed by atoms with Gasteiger partial charge in [-0.05, 0) is 48.3 Å². The fourth-order valence-corrected chi connectivity index (χ4v) is 3.97. The predicted molar refractivity (Wildman–Crippen MR) is 127 cm³/mol. The lowest BCUT2D eigenvalue weighted by Gasteiger charge is -2.42. The highest BCUT2D eigenvalue weighted by atomic mass is 16.5. The molecule has 0 heterocycles. The molecule has 2 aromatic carbocycles. The van der Waals surface area contributed by atoms with Gasteiger partial charge in [-0.15, -0.1) is 0 Å². The van der Waals surface area contributed by atoms with Crippen molar-refractivity contribution in [2.24, 2.45) is 10.4 Å². The second-order valence-corrected chi connectivity index (χ2v) is 8.44. The van der Waals surface area contributed by atoms with E-state index >= 15 is 0 Å².